The normalized spacial score (nSPS) is 11.0. The molecule has 8 heteroatoms. The van der Waals surface area contributed by atoms with Crippen LogP contribution in [0.5, 0.6) is 11.5 Å². The average Bonchev–Trinajstić information content (AvgIpc) is 2.78. The molecule has 0 unspecified atom stereocenters. The first-order valence-electron chi connectivity index (χ1n) is 9.35. The summed E-state index contributed by atoms with van der Waals surface area (Å²) in [6.07, 6.45) is 0. The highest BCUT2D eigenvalue weighted by Gasteiger charge is 2.18. The minimum absolute atomic E-state index is 0.232. The molecule has 0 aliphatic heterocycles. The molecule has 31 heavy (non-hydrogen) atoms. The highest BCUT2D eigenvalue weighted by Crippen LogP contribution is 2.31. The van der Waals surface area contributed by atoms with E-state index in [2.05, 4.69) is 0 Å². The molecule has 158 valence electrons. The summed E-state index contributed by atoms with van der Waals surface area (Å²) in [7, 11) is 2.99. The smallest absolute Gasteiger partial charge is 0.336 e. The van der Waals surface area contributed by atoms with Crippen molar-refractivity contribution in [2.75, 3.05) is 14.2 Å². The Balaban J connectivity index is 2.06. The van der Waals surface area contributed by atoms with Gasteiger partial charge in [-0.1, -0.05) is 35.3 Å². The van der Waals surface area contributed by atoms with Crippen molar-refractivity contribution in [3.63, 3.8) is 0 Å². The van der Waals surface area contributed by atoms with Crippen molar-refractivity contribution < 1.29 is 9.47 Å². The molecule has 4 rings (SSSR count). The molecular weight excluding hydrogens is 439 g/mol. The van der Waals surface area contributed by atoms with Crippen molar-refractivity contribution in [2.24, 2.45) is 0 Å². The molecule has 0 fully saturated rings. The van der Waals surface area contributed by atoms with E-state index in [0.29, 0.717) is 38.1 Å². The number of benzene rings is 3. The van der Waals surface area contributed by atoms with Gasteiger partial charge in [-0.2, -0.15) is 0 Å². The van der Waals surface area contributed by atoms with Gasteiger partial charge in [0.25, 0.3) is 5.56 Å². The van der Waals surface area contributed by atoms with Crippen LogP contribution in [0.25, 0.3) is 16.6 Å². The number of hydrogen-bond donors (Lipinski definition) is 0. The largest absolute Gasteiger partial charge is 0.493 e. The molecule has 0 N–H and O–H groups in total. The molecule has 1 heterocycles. The van der Waals surface area contributed by atoms with Crippen LogP contribution in [0.3, 0.4) is 0 Å². The number of methoxy groups -OCH3 is 2. The van der Waals surface area contributed by atoms with Crippen molar-refractivity contribution in [3.05, 3.63) is 97.1 Å². The molecular formula is C23H18Cl2N2O4. The third-order valence-electron chi connectivity index (χ3n) is 4.99. The Hall–Kier alpha value is -3.22. The monoisotopic (exact) mass is 456 g/mol. The fourth-order valence-corrected chi connectivity index (χ4v) is 3.69. The van der Waals surface area contributed by atoms with E-state index in [4.69, 9.17) is 32.7 Å². The van der Waals surface area contributed by atoms with E-state index < -0.39 is 11.2 Å². The summed E-state index contributed by atoms with van der Waals surface area (Å²) in [5, 5.41) is 1.42. The molecule has 0 aliphatic carbocycles. The number of hydrogen-bond acceptors (Lipinski definition) is 4. The van der Waals surface area contributed by atoms with E-state index in [1.54, 1.807) is 48.5 Å². The quantitative estimate of drug-likeness (QED) is 0.442. The zero-order chi connectivity index (χ0) is 22.1. The van der Waals surface area contributed by atoms with E-state index in [1.165, 1.54) is 18.8 Å². The molecule has 0 spiro atoms. The molecule has 0 aliphatic rings. The van der Waals surface area contributed by atoms with Gasteiger partial charge in [0.15, 0.2) is 11.5 Å². The first-order valence-corrected chi connectivity index (χ1v) is 10.1. The number of nitrogens with zero attached hydrogens (tertiary/aromatic N) is 2. The lowest BCUT2D eigenvalue weighted by Crippen LogP contribution is -2.39. The van der Waals surface area contributed by atoms with Gasteiger partial charge >= 0.3 is 5.69 Å². The minimum atomic E-state index is -0.484. The van der Waals surface area contributed by atoms with Crippen LogP contribution in [0.1, 0.15) is 5.56 Å². The maximum atomic E-state index is 13.5. The first kappa shape index (κ1) is 21.0. The summed E-state index contributed by atoms with van der Waals surface area (Å²) in [5.41, 5.74) is 0.760. The molecule has 0 bridgehead atoms. The third kappa shape index (κ3) is 3.92. The predicted octanol–water partition coefficient (Wildman–Crippen LogP) is 4.52. The Bertz CT molecular complexity index is 1370. The zero-order valence-corrected chi connectivity index (χ0v) is 18.3. The van der Waals surface area contributed by atoms with Gasteiger partial charge in [0, 0.05) is 16.1 Å². The molecule has 0 radical (unpaired) electrons. The van der Waals surface area contributed by atoms with Crippen molar-refractivity contribution in [3.8, 4) is 17.2 Å². The number of aromatic nitrogens is 2. The summed E-state index contributed by atoms with van der Waals surface area (Å²) in [6.45, 7) is 0.232. The predicted molar refractivity (Wildman–Crippen MR) is 122 cm³/mol. The summed E-state index contributed by atoms with van der Waals surface area (Å²) in [4.78, 5) is 26.9. The van der Waals surface area contributed by atoms with Gasteiger partial charge in [0.1, 0.15) is 0 Å². The number of halogens is 2. The maximum absolute atomic E-state index is 13.5. The summed E-state index contributed by atoms with van der Waals surface area (Å²) in [6, 6.07) is 16.9. The van der Waals surface area contributed by atoms with Crippen LogP contribution >= 0.6 is 23.2 Å². The molecule has 4 aromatic rings. The highest BCUT2D eigenvalue weighted by atomic mass is 35.5. The molecule has 0 saturated carbocycles. The van der Waals surface area contributed by atoms with E-state index in [0.717, 1.165) is 10.1 Å². The van der Waals surface area contributed by atoms with Crippen LogP contribution in [-0.4, -0.2) is 23.4 Å². The zero-order valence-electron chi connectivity index (χ0n) is 16.8. The maximum Gasteiger partial charge on any atom is 0.336 e. The first-order chi connectivity index (χ1) is 14.9. The van der Waals surface area contributed by atoms with Crippen molar-refractivity contribution in [1.29, 1.82) is 0 Å². The Labute approximate surface area is 187 Å². The van der Waals surface area contributed by atoms with Gasteiger partial charge in [-0.15, -0.1) is 0 Å². The lowest BCUT2D eigenvalue weighted by molar-refractivity contribution is 0.355. The molecule has 3 aromatic carbocycles. The van der Waals surface area contributed by atoms with E-state index in [1.807, 2.05) is 12.1 Å². The van der Waals surface area contributed by atoms with Gasteiger partial charge < -0.3 is 9.47 Å². The van der Waals surface area contributed by atoms with Gasteiger partial charge in [0.05, 0.1) is 37.4 Å². The number of rotatable bonds is 5. The molecule has 6 nitrogen and oxygen atoms in total. The van der Waals surface area contributed by atoms with E-state index >= 15 is 0 Å². The van der Waals surface area contributed by atoms with Gasteiger partial charge in [-0.05, 0) is 48.0 Å². The third-order valence-corrected chi connectivity index (χ3v) is 5.49. The average molecular weight is 457 g/mol. The molecule has 0 amide bonds. The van der Waals surface area contributed by atoms with Crippen LogP contribution < -0.4 is 20.7 Å². The topological polar surface area (TPSA) is 62.5 Å². The van der Waals surface area contributed by atoms with Crippen LogP contribution in [0.4, 0.5) is 0 Å². The van der Waals surface area contributed by atoms with Crippen LogP contribution in [-0.2, 0) is 6.54 Å². The molecule has 0 atom stereocenters. The van der Waals surface area contributed by atoms with E-state index in [-0.39, 0.29) is 6.54 Å². The van der Waals surface area contributed by atoms with E-state index in [9.17, 15) is 9.59 Å². The second kappa shape index (κ2) is 8.49. The van der Waals surface area contributed by atoms with Crippen molar-refractivity contribution >= 4 is 34.1 Å². The highest BCUT2D eigenvalue weighted by molar-refractivity contribution is 6.30. The Morgan fingerprint density at radius 3 is 1.94 bits per heavy atom. The van der Waals surface area contributed by atoms with Crippen molar-refractivity contribution in [2.45, 2.75) is 6.54 Å². The number of ether oxygens (including phenoxy) is 2. The second-order valence-corrected chi connectivity index (χ2v) is 7.71. The lowest BCUT2D eigenvalue weighted by atomic mass is 10.1. The second-order valence-electron chi connectivity index (χ2n) is 6.84. The Morgan fingerprint density at radius 2 is 1.35 bits per heavy atom. The summed E-state index contributed by atoms with van der Waals surface area (Å²) in [5.74, 6) is 0.814. The van der Waals surface area contributed by atoms with Gasteiger partial charge in [0.2, 0.25) is 0 Å². The van der Waals surface area contributed by atoms with Crippen LogP contribution in [0, 0.1) is 0 Å². The lowest BCUT2D eigenvalue weighted by Gasteiger charge is -2.16. The van der Waals surface area contributed by atoms with Crippen LogP contribution in [0.15, 0.2) is 70.3 Å². The summed E-state index contributed by atoms with van der Waals surface area (Å²) < 4.78 is 13.4. The molecule has 1 aromatic heterocycles. The standard InChI is InChI=1S/C23H18Cl2N2O4/c1-30-20-11-18-19(12-21(20)31-2)26(13-14-3-5-15(24)6-4-14)23(29)27(22(18)28)17-9-7-16(25)8-10-17/h3-12H,13H2,1-2H3. The Morgan fingerprint density at radius 1 is 0.806 bits per heavy atom. The minimum Gasteiger partial charge on any atom is -0.493 e. The number of fused-ring (bicyclic) bond motifs is 1. The van der Waals surface area contributed by atoms with Crippen molar-refractivity contribution in [1.82, 2.24) is 9.13 Å². The van der Waals surface area contributed by atoms with Gasteiger partial charge in [-0.3, -0.25) is 9.36 Å². The van der Waals surface area contributed by atoms with Crippen LogP contribution in [0.2, 0.25) is 10.0 Å². The fourth-order valence-electron chi connectivity index (χ4n) is 3.44. The summed E-state index contributed by atoms with van der Waals surface area (Å²) >= 11 is 12.0. The Kier molecular flexibility index (Phi) is 5.76. The SMILES string of the molecule is COc1cc2c(=O)n(-c3ccc(Cl)cc3)c(=O)n(Cc3ccc(Cl)cc3)c2cc1OC. The van der Waals surface area contributed by atoms with Gasteiger partial charge in [-0.25, -0.2) is 9.36 Å². The molecule has 0 saturated heterocycles. The fraction of sp³-hybridized carbons (Fsp3) is 0.130.